The Bertz CT molecular complexity index is 290. The van der Waals surface area contributed by atoms with E-state index in [4.69, 9.17) is 4.74 Å². The van der Waals surface area contributed by atoms with Gasteiger partial charge in [0.1, 0.15) is 0 Å². The highest BCUT2D eigenvalue weighted by Gasteiger charge is 2.19. The van der Waals surface area contributed by atoms with Crippen molar-refractivity contribution in [1.82, 2.24) is 10.0 Å². The van der Waals surface area contributed by atoms with Crippen LogP contribution in [-0.2, 0) is 14.8 Å². The highest BCUT2D eigenvalue weighted by molar-refractivity contribution is 7.89. The standard InChI is InChI=1S/C10H22N2O3S.ClH/c1-9(2)15-7-8-16(13,14)12-10-3-5-11-6-4-10;/h9-12H,3-8H2,1-2H3;1H. The van der Waals surface area contributed by atoms with Gasteiger partial charge in [-0.05, 0) is 39.8 Å². The van der Waals surface area contributed by atoms with Gasteiger partial charge in [0.25, 0.3) is 0 Å². The Labute approximate surface area is 110 Å². The van der Waals surface area contributed by atoms with Crippen LogP contribution < -0.4 is 10.0 Å². The first-order valence-corrected chi connectivity index (χ1v) is 7.47. The van der Waals surface area contributed by atoms with Crippen LogP contribution in [-0.4, -0.2) is 46.0 Å². The second-order valence-corrected chi connectivity index (χ2v) is 6.25. The number of ether oxygens (including phenoxy) is 1. The molecular weight excluding hydrogens is 264 g/mol. The zero-order valence-electron chi connectivity index (χ0n) is 10.4. The van der Waals surface area contributed by atoms with Crippen molar-refractivity contribution in [3.05, 3.63) is 0 Å². The summed E-state index contributed by atoms with van der Waals surface area (Å²) in [5, 5.41) is 3.20. The van der Waals surface area contributed by atoms with E-state index in [1.807, 2.05) is 13.8 Å². The Balaban J connectivity index is 0.00000256. The molecule has 0 aromatic rings. The largest absolute Gasteiger partial charge is 0.378 e. The maximum absolute atomic E-state index is 11.7. The van der Waals surface area contributed by atoms with Gasteiger partial charge in [-0.25, -0.2) is 13.1 Å². The molecule has 0 amide bonds. The van der Waals surface area contributed by atoms with Crippen molar-refractivity contribution < 1.29 is 13.2 Å². The van der Waals surface area contributed by atoms with Crippen LogP contribution >= 0.6 is 12.4 Å². The normalized spacial score (nSPS) is 18.1. The van der Waals surface area contributed by atoms with Gasteiger partial charge in [-0.3, -0.25) is 0 Å². The Morgan fingerprint density at radius 1 is 1.35 bits per heavy atom. The summed E-state index contributed by atoms with van der Waals surface area (Å²) in [5.74, 6) is 0.0507. The van der Waals surface area contributed by atoms with Crippen molar-refractivity contribution in [2.75, 3.05) is 25.4 Å². The van der Waals surface area contributed by atoms with Crippen LogP contribution in [0.4, 0.5) is 0 Å². The number of hydrogen-bond donors (Lipinski definition) is 2. The second kappa shape index (κ2) is 8.26. The smallest absolute Gasteiger partial charge is 0.214 e. The summed E-state index contributed by atoms with van der Waals surface area (Å²) in [6.07, 6.45) is 1.81. The lowest BCUT2D eigenvalue weighted by atomic mass is 10.1. The van der Waals surface area contributed by atoms with E-state index in [1.54, 1.807) is 0 Å². The van der Waals surface area contributed by atoms with Gasteiger partial charge in [0.05, 0.1) is 18.5 Å². The molecule has 0 aromatic carbocycles. The monoisotopic (exact) mass is 286 g/mol. The molecule has 5 nitrogen and oxygen atoms in total. The minimum atomic E-state index is -3.18. The van der Waals surface area contributed by atoms with Gasteiger partial charge < -0.3 is 10.1 Å². The Hall–Kier alpha value is 0.120. The summed E-state index contributed by atoms with van der Waals surface area (Å²) < 4.78 is 31.3. The fraction of sp³-hybridized carbons (Fsp3) is 1.00. The minimum Gasteiger partial charge on any atom is -0.378 e. The molecule has 1 rings (SSSR count). The summed E-state index contributed by atoms with van der Waals surface area (Å²) in [7, 11) is -3.18. The van der Waals surface area contributed by atoms with Gasteiger partial charge in [-0.2, -0.15) is 0 Å². The van der Waals surface area contributed by atoms with Crippen LogP contribution in [0.15, 0.2) is 0 Å². The van der Waals surface area contributed by atoms with Crippen LogP contribution in [0.2, 0.25) is 0 Å². The zero-order chi connectivity index (χ0) is 12.0. The molecule has 0 aliphatic carbocycles. The molecule has 0 spiro atoms. The van der Waals surface area contributed by atoms with Gasteiger partial charge in [0, 0.05) is 6.04 Å². The summed E-state index contributed by atoms with van der Waals surface area (Å²) in [4.78, 5) is 0. The first-order chi connectivity index (χ1) is 7.49. The third-order valence-electron chi connectivity index (χ3n) is 2.49. The topological polar surface area (TPSA) is 67.4 Å². The lowest BCUT2D eigenvalue weighted by Crippen LogP contribution is -2.43. The predicted octanol–water partition coefficient (Wildman–Crippen LogP) is 0.505. The van der Waals surface area contributed by atoms with Crippen LogP contribution in [0.5, 0.6) is 0 Å². The van der Waals surface area contributed by atoms with Crippen molar-refractivity contribution in [3.63, 3.8) is 0 Å². The van der Waals surface area contributed by atoms with Crippen molar-refractivity contribution in [3.8, 4) is 0 Å². The average molecular weight is 287 g/mol. The van der Waals surface area contributed by atoms with E-state index in [0.717, 1.165) is 25.9 Å². The van der Waals surface area contributed by atoms with Crippen LogP contribution in [0.3, 0.4) is 0 Å². The molecule has 104 valence electrons. The molecule has 1 saturated heterocycles. The van der Waals surface area contributed by atoms with E-state index in [-0.39, 0.29) is 36.9 Å². The van der Waals surface area contributed by atoms with Gasteiger partial charge in [-0.1, -0.05) is 0 Å². The molecule has 7 heteroatoms. The third-order valence-corrected chi connectivity index (χ3v) is 3.89. The average Bonchev–Trinajstić information content (AvgIpc) is 2.17. The molecule has 0 atom stereocenters. The molecule has 17 heavy (non-hydrogen) atoms. The number of sulfonamides is 1. The van der Waals surface area contributed by atoms with E-state index in [0.29, 0.717) is 0 Å². The minimum absolute atomic E-state index is 0. The molecule has 0 radical (unpaired) electrons. The number of hydrogen-bond acceptors (Lipinski definition) is 4. The lowest BCUT2D eigenvalue weighted by Gasteiger charge is -2.23. The SMILES string of the molecule is CC(C)OCCS(=O)(=O)NC1CCNCC1.Cl. The van der Waals surface area contributed by atoms with Gasteiger partial charge >= 0.3 is 0 Å². The van der Waals surface area contributed by atoms with Crippen LogP contribution in [0, 0.1) is 0 Å². The van der Waals surface area contributed by atoms with Gasteiger partial charge in [-0.15, -0.1) is 12.4 Å². The number of piperidine rings is 1. The van der Waals surface area contributed by atoms with E-state index >= 15 is 0 Å². The fourth-order valence-electron chi connectivity index (χ4n) is 1.65. The van der Waals surface area contributed by atoms with E-state index < -0.39 is 10.0 Å². The van der Waals surface area contributed by atoms with Crippen molar-refractivity contribution in [1.29, 1.82) is 0 Å². The Kier molecular flexibility index (Phi) is 8.32. The molecule has 1 aliphatic heterocycles. The predicted molar refractivity (Wildman–Crippen MR) is 71.2 cm³/mol. The molecular formula is C10H23ClN2O3S. The lowest BCUT2D eigenvalue weighted by molar-refractivity contribution is 0.0911. The third kappa shape index (κ3) is 7.94. The highest BCUT2D eigenvalue weighted by Crippen LogP contribution is 2.04. The van der Waals surface area contributed by atoms with Crippen molar-refractivity contribution in [2.45, 2.75) is 38.8 Å². The first kappa shape index (κ1) is 17.1. The molecule has 0 aromatic heterocycles. The van der Waals surface area contributed by atoms with E-state index in [2.05, 4.69) is 10.0 Å². The summed E-state index contributed by atoms with van der Waals surface area (Å²) >= 11 is 0. The molecule has 1 aliphatic rings. The molecule has 1 fully saturated rings. The molecule has 0 unspecified atom stereocenters. The summed E-state index contributed by atoms with van der Waals surface area (Å²) in [6.45, 7) is 5.82. The molecule has 2 N–H and O–H groups in total. The van der Waals surface area contributed by atoms with Crippen molar-refractivity contribution in [2.24, 2.45) is 0 Å². The van der Waals surface area contributed by atoms with Gasteiger partial charge in [0.2, 0.25) is 10.0 Å². The van der Waals surface area contributed by atoms with E-state index in [1.165, 1.54) is 0 Å². The van der Waals surface area contributed by atoms with Crippen LogP contribution in [0.1, 0.15) is 26.7 Å². The maximum Gasteiger partial charge on any atom is 0.214 e. The molecule has 0 bridgehead atoms. The second-order valence-electron chi connectivity index (χ2n) is 4.38. The first-order valence-electron chi connectivity index (χ1n) is 5.82. The fourth-order valence-corrected chi connectivity index (χ4v) is 2.82. The number of halogens is 1. The highest BCUT2D eigenvalue weighted by atomic mass is 35.5. The van der Waals surface area contributed by atoms with Crippen molar-refractivity contribution >= 4 is 22.4 Å². The maximum atomic E-state index is 11.7. The Morgan fingerprint density at radius 3 is 2.47 bits per heavy atom. The Morgan fingerprint density at radius 2 is 1.94 bits per heavy atom. The molecule has 1 heterocycles. The quantitative estimate of drug-likeness (QED) is 0.746. The van der Waals surface area contributed by atoms with Gasteiger partial charge in [0.15, 0.2) is 0 Å². The van der Waals surface area contributed by atoms with E-state index in [9.17, 15) is 8.42 Å². The molecule has 0 saturated carbocycles. The number of nitrogens with one attached hydrogen (secondary N) is 2. The summed E-state index contributed by atoms with van der Waals surface area (Å²) in [6, 6.07) is 0.0882. The zero-order valence-corrected chi connectivity index (χ0v) is 12.1. The number of rotatable bonds is 6. The summed E-state index contributed by atoms with van der Waals surface area (Å²) in [5.41, 5.74) is 0. The van der Waals surface area contributed by atoms with Crippen LogP contribution in [0.25, 0.3) is 0 Å².